The van der Waals surface area contributed by atoms with Crippen molar-refractivity contribution in [2.45, 2.75) is 6.92 Å². The molecule has 3 heteroatoms. The first-order valence-corrected chi connectivity index (χ1v) is 4.42. The van der Waals surface area contributed by atoms with Gasteiger partial charge in [0.15, 0.2) is 5.69 Å². The number of hydrogen-bond donors (Lipinski definition) is 2. The predicted octanol–water partition coefficient (Wildman–Crippen LogP) is 1.38. The van der Waals surface area contributed by atoms with Crippen LogP contribution in [0.15, 0.2) is 24.3 Å². The highest BCUT2D eigenvalue weighted by Gasteiger charge is 2.19. The van der Waals surface area contributed by atoms with E-state index in [4.69, 9.17) is 0 Å². The number of rotatable bonds is 0. The third-order valence-corrected chi connectivity index (χ3v) is 2.60. The molecule has 0 aliphatic carbocycles. The second-order valence-electron chi connectivity index (χ2n) is 3.36. The number of nitrogens with zero attached hydrogens (tertiary/aromatic N) is 1. The summed E-state index contributed by atoms with van der Waals surface area (Å²) in [6.07, 6.45) is 0. The van der Waals surface area contributed by atoms with Crippen molar-refractivity contribution < 1.29 is 14.8 Å². The topological polar surface area (TPSA) is 44.3 Å². The zero-order valence-electron chi connectivity index (χ0n) is 8.15. The summed E-state index contributed by atoms with van der Waals surface area (Å²) in [5.74, 6) is -0.157. The summed E-state index contributed by atoms with van der Waals surface area (Å²) in [7, 11) is 1.72. The Bertz CT molecular complexity index is 460. The molecule has 0 bridgehead atoms. The maximum atomic E-state index is 9.69. The molecule has 0 spiro atoms. The highest BCUT2D eigenvalue weighted by Crippen LogP contribution is 2.31. The first kappa shape index (κ1) is 8.81. The van der Waals surface area contributed by atoms with E-state index in [1.807, 2.05) is 25.1 Å². The van der Waals surface area contributed by atoms with Gasteiger partial charge in [-0.15, -0.1) is 0 Å². The standard InChI is InChI=1S/C11H11NO2/c1-7-8-5-3-4-6-9(8)10(13)11(14)12(7)2/h3-6,13H,1-2H3/p+1. The summed E-state index contributed by atoms with van der Waals surface area (Å²) in [4.78, 5) is 0. The van der Waals surface area contributed by atoms with Crippen LogP contribution in [0.5, 0.6) is 11.6 Å². The molecule has 0 aliphatic heterocycles. The molecule has 72 valence electrons. The Morgan fingerprint density at radius 1 is 1.07 bits per heavy atom. The SMILES string of the molecule is Cc1c2ccccc2c(O)c(O)[n+]1C. The molecule has 1 aromatic heterocycles. The first-order valence-electron chi connectivity index (χ1n) is 4.42. The van der Waals surface area contributed by atoms with Crippen LogP contribution in [0, 0.1) is 6.92 Å². The van der Waals surface area contributed by atoms with Crippen LogP contribution in [0.2, 0.25) is 0 Å². The summed E-state index contributed by atoms with van der Waals surface area (Å²) < 4.78 is 1.57. The molecule has 14 heavy (non-hydrogen) atoms. The van der Waals surface area contributed by atoms with Crippen molar-refractivity contribution in [3.63, 3.8) is 0 Å². The smallest absolute Gasteiger partial charge is 0.409 e. The minimum atomic E-state index is -0.0961. The summed E-state index contributed by atoms with van der Waals surface area (Å²) in [6.45, 7) is 1.90. The first-order chi connectivity index (χ1) is 6.63. The van der Waals surface area contributed by atoms with Gasteiger partial charge < -0.3 is 10.2 Å². The molecule has 0 radical (unpaired) electrons. The van der Waals surface area contributed by atoms with Gasteiger partial charge in [-0.2, -0.15) is 4.57 Å². The monoisotopic (exact) mass is 190 g/mol. The lowest BCUT2D eigenvalue weighted by Gasteiger charge is -2.04. The molecule has 0 aliphatic rings. The van der Waals surface area contributed by atoms with Gasteiger partial charge in [0, 0.05) is 12.3 Å². The predicted molar refractivity (Wildman–Crippen MR) is 53.2 cm³/mol. The molecule has 1 aromatic carbocycles. The van der Waals surface area contributed by atoms with E-state index in [0.29, 0.717) is 5.39 Å². The summed E-state index contributed by atoms with van der Waals surface area (Å²) in [6, 6.07) is 7.45. The lowest BCUT2D eigenvalue weighted by atomic mass is 10.1. The van der Waals surface area contributed by atoms with Crippen LogP contribution in [-0.2, 0) is 7.05 Å². The molecule has 1 heterocycles. The Morgan fingerprint density at radius 2 is 1.64 bits per heavy atom. The number of hydrogen-bond acceptors (Lipinski definition) is 2. The van der Waals surface area contributed by atoms with E-state index in [-0.39, 0.29) is 11.6 Å². The van der Waals surface area contributed by atoms with Crippen molar-refractivity contribution in [2.24, 2.45) is 7.05 Å². The van der Waals surface area contributed by atoms with E-state index in [1.165, 1.54) is 0 Å². The molecule has 0 atom stereocenters. The zero-order valence-corrected chi connectivity index (χ0v) is 8.15. The minimum Gasteiger partial charge on any atom is -0.499 e. The van der Waals surface area contributed by atoms with Gasteiger partial charge in [0.2, 0.25) is 5.75 Å². The molecule has 2 N–H and O–H groups in total. The second-order valence-corrected chi connectivity index (χ2v) is 3.36. The van der Waals surface area contributed by atoms with E-state index in [1.54, 1.807) is 17.7 Å². The van der Waals surface area contributed by atoms with Crippen molar-refractivity contribution in [3.05, 3.63) is 30.0 Å². The van der Waals surface area contributed by atoms with Gasteiger partial charge in [0.25, 0.3) is 0 Å². The number of aromatic nitrogens is 1. The second kappa shape index (κ2) is 2.87. The van der Waals surface area contributed by atoms with Crippen LogP contribution < -0.4 is 4.57 Å². The molecule has 0 fully saturated rings. The lowest BCUT2D eigenvalue weighted by molar-refractivity contribution is -0.682. The largest absolute Gasteiger partial charge is 0.499 e. The molecule has 0 unspecified atom stereocenters. The maximum Gasteiger partial charge on any atom is 0.409 e. The van der Waals surface area contributed by atoms with E-state index in [0.717, 1.165) is 11.1 Å². The van der Waals surface area contributed by atoms with Gasteiger partial charge in [-0.1, -0.05) is 18.2 Å². The number of pyridine rings is 1. The Labute approximate surface area is 81.9 Å². The van der Waals surface area contributed by atoms with Crippen LogP contribution in [0.1, 0.15) is 5.69 Å². The summed E-state index contributed by atoms with van der Waals surface area (Å²) in [5, 5.41) is 20.9. The number of aryl methyl sites for hydroxylation is 1. The van der Waals surface area contributed by atoms with Gasteiger partial charge in [-0.25, -0.2) is 0 Å². The number of fused-ring (bicyclic) bond motifs is 1. The van der Waals surface area contributed by atoms with E-state index < -0.39 is 0 Å². The summed E-state index contributed by atoms with van der Waals surface area (Å²) >= 11 is 0. The third kappa shape index (κ3) is 1.02. The van der Waals surface area contributed by atoms with Crippen molar-refractivity contribution in [1.82, 2.24) is 0 Å². The van der Waals surface area contributed by atoms with Gasteiger partial charge in [0.1, 0.15) is 7.05 Å². The Hall–Kier alpha value is -1.77. The fourth-order valence-electron chi connectivity index (χ4n) is 1.62. The number of benzene rings is 1. The lowest BCUT2D eigenvalue weighted by Crippen LogP contribution is -2.32. The van der Waals surface area contributed by atoms with Crippen LogP contribution >= 0.6 is 0 Å². The molecular weight excluding hydrogens is 178 g/mol. The maximum absolute atomic E-state index is 9.69. The average molecular weight is 190 g/mol. The Balaban J connectivity index is 3.02. The molecule has 2 aromatic rings. The fraction of sp³-hybridized carbons (Fsp3) is 0.182. The van der Waals surface area contributed by atoms with E-state index >= 15 is 0 Å². The van der Waals surface area contributed by atoms with E-state index in [9.17, 15) is 10.2 Å². The molecule has 0 saturated heterocycles. The molecule has 0 saturated carbocycles. The Kier molecular flexibility index (Phi) is 1.81. The van der Waals surface area contributed by atoms with E-state index in [2.05, 4.69) is 0 Å². The van der Waals surface area contributed by atoms with Crippen LogP contribution in [0.25, 0.3) is 10.8 Å². The molecule has 2 rings (SSSR count). The van der Waals surface area contributed by atoms with Gasteiger partial charge in [-0.05, 0) is 6.07 Å². The van der Waals surface area contributed by atoms with Crippen molar-refractivity contribution in [2.75, 3.05) is 0 Å². The normalized spacial score (nSPS) is 10.7. The average Bonchev–Trinajstić information content (AvgIpc) is 2.23. The number of aromatic hydroxyl groups is 2. The van der Waals surface area contributed by atoms with Gasteiger partial charge in [0.05, 0.1) is 5.39 Å². The molecular formula is C11H12NO2+. The van der Waals surface area contributed by atoms with Crippen LogP contribution in [0.4, 0.5) is 0 Å². The molecule has 0 amide bonds. The highest BCUT2D eigenvalue weighted by molar-refractivity contribution is 5.89. The third-order valence-electron chi connectivity index (χ3n) is 2.60. The quantitative estimate of drug-likeness (QED) is 0.616. The molecule has 3 nitrogen and oxygen atoms in total. The van der Waals surface area contributed by atoms with Crippen molar-refractivity contribution >= 4 is 10.8 Å². The highest BCUT2D eigenvalue weighted by atomic mass is 16.3. The van der Waals surface area contributed by atoms with Crippen molar-refractivity contribution in [1.29, 1.82) is 0 Å². The fourth-order valence-corrected chi connectivity index (χ4v) is 1.62. The van der Waals surface area contributed by atoms with Crippen molar-refractivity contribution in [3.8, 4) is 11.6 Å². The minimum absolute atomic E-state index is 0.0614. The summed E-state index contributed by atoms with van der Waals surface area (Å²) in [5.41, 5.74) is 0.927. The van der Waals surface area contributed by atoms with Crippen LogP contribution in [-0.4, -0.2) is 10.2 Å². The van der Waals surface area contributed by atoms with Gasteiger partial charge >= 0.3 is 5.88 Å². The zero-order chi connectivity index (χ0) is 10.3. The van der Waals surface area contributed by atoms with Gasteiger partial charge in [-0.3, -0.25) is 0 Å². The Morgan fingerprint density at radius 3 is 2.29 bits per heavy atom. The van der Waals surface area contributed by atoms with Crippen LogP contribution in [0.3, 0.4) is 0 Å².